The molecule has 0 saturated heterocycles. The van der Waals surface area contributed by atoms with E-state index in [0.717, 1.165) is 28.8 Å². The highest BCUT2D eigenvalue weighted by Gasteiger charge is 2.19. The van der Waals surface area contributed by atoms with Crippen molar-refractivity contribution in [2.45, 2.75) is 39.4 Å². The van der Waals surface area contributed by atoms with Gasteiger partial charge in [0.15, 0.2) is 6.61 Å². The molecule has 11 nitrogen and oxygen atoms in total. The molecule has 33 heavy (non-hydrogen) atoms. The monoisotopic (exact) mass is 463 g/mol. The Hall–Kier alpha value is -3.89. The average Bonchev–Trinajstić information content (AvgIpc) is 2.75. The van der Waals surface area contributed by atoms with E-state index in [-0.39, 0.29) is 19.6 Å². The van der Waals surface area contributed by atoms with Crippen molar-refractivity contribution in [3.63, 3.8) is 0 Å². The molecule has 1 unspecified atom stereocenters. The van der Waals surface area contributed by atoms with Crippen LogP contribution in [0.5, 0.6) is 0 Å². The number of fused-ring (bicyclic) bond motifs is 1. The maximum atomic E-state index is 12.3. The van der Waals surface area contributed by atoms with Gasteiger partial charge in [-0.1, -0.05) is 42.0 Å². The number of aryl methyl sites for hydroxylation is 1. The van der Waals surface area contributed by atoms with E-state index in [1.165, 1.54) is 0 Å². The lowest BCUT2D eigenvalue weighted by molar-refractivity contribution is -0.777. The second kappa shape index (κ2) is 12.2. The van der Waals surface area contributed by atoms with Gasteiger partial charge in [-0.25, -0.2) is 9.59 Å². The number of hydrogen-bond donors (Lipinski definition) is 0. The molecule has 0 heterocycles. The summed E-state index contributed by atoms with van der Waals surface area (Å²) in [4.78, 5) is 49.4. The molecule has 0 N–H and O–H groups in total. The van der Waals surface area contributed by atoms with Crippen LogP contribution in [0.2, 0.25) is 0 Å². The molecular formula is C22H25NO10. The summed E-state index contributed by atoms with van der Waals surface area (Å²) < 4.78 is 19.0. The topological polar surface area (TPSA) is 141 Å². The van der Waals surface area contributed by atoms with Crippen molar-refractivity contribution in [1.29, 1.82) is 0 Å². The maximum absolute atomic E-state index is 12.3. The zero-order chi connectivity index (χ0) is 24.4. The number of nitrogens with zero attached hydrogens (tertiary/aromatic N) is 1. The number of rotatable bonds is 11. The van der Waals surface area contributed by atoms with Crippen molar-refractivity contribution in [2.75, 3.05) is 19.8 Å². The van der Waals surface area contributed by atoms with Gasteiger partial charge in [0.1, 0.15) is 0 Å². The minimum Gasteiger partial charge on any atom is -0.463 e. The first kappa shape index (κ1) is 25.4. The molecule has 0 radical (unpaired) electrons. The molecule has 0 fully saturated rings. The molecule has 2 rings (SSSR count). The lowest BCUT2D eigenvalue weighted by Crippen LogP contribution is -2.22. The van der Waals surface area contributed by atoms with Gasteiger partial charge < -0.3 is 18.9 Å². The molecule has 2 aromatic rings. The summed E-state index contributed by atoms with van der Waals surface area (Å²) in [7, 11) is 0. The van der Waals surface area contributed by atoms with E-state index in [4.69, 9.17) is 9.47 Å². The summed E-state index contributed by atoms with van der Waals surface area (Å²) in [5.41, 5.74) is 1.91. The van der Waals surface area contributed by atoms with Crippen LogP contribution in [0, 0.1) is 17.0 Å². The van der Waals surface area contributed by atoms with Gasteiger partial charge in [-0.2, -0.15) is 0 Å². The van der Waals surface area contributed by atoms with Crippen LogP contribution in [0.3, 0.4) is 0 Å². The SMILES string of the molecule is Cc1ccc2cc([C@H](C)C(=O)OCC(=O)OCCCOC(=O)OC(C)O[N+](=O)[O-])ccc2c1. The second-order valence-electron chi connectivity index (χ2n) is 7.13. The predicted octanol–water partition coefficient (Wildman–Crippen LogP) is 3.44. The van der Waals surface area contributed by atoms with Gasteiger partial charge in [0.05, 0.1) is 19.1 Å². The van der Waals surface area contributed by atoms with Gasteiger partial charge in [-0.15, -0.1) is 10.1 Å². The first-order valence-corrected chi connectivity index (χ1v) is 10.1. The molecular weight excluding hydrogens is 438 g/mol. The van der Waals surface area contributed by atoms with E-state index in [0.29, 0.717) is 0 Å². The van der Waals surface area contributed by atoms with Crippen LogP contribution >= 0.6 is 0 Å². The Kier molecular flexibility index (Phi) is 9.40. The molecule has 2 aromatic carbocycles. The van der Waals surface area contributed by atoms with Crippen LogP contribution in [0.4, 0.5) is 4.79 Å². The van der Waals surface area contributed by atoms with E-state index >= 15 is 0 Å². The molecule has 11 heteroatoms. The molecule has 2 atom stereocenters. The first-order chi connectivity index (χ1) is 15.7. The van der Waals surface area contributed by atoms with Crippen LogP contribution < -0.4 is 0 Å². The number of carbonyl (C=O) groups is 3. The summed E-state index contributed by atoms with van der Waals surface area (Å²) in [6.45, 7) is 4.05. The summed E-state index contributed by atoms with van der Waals surface area (Å²) in [5.74, 6) is -1.87. The van der Waals surface area contributed by atoms with Crippen molar-refractivity contribution in [1.82, 2.24) is 0 Å². The van der Waals surface area contributed by atoms with Gasteiger partial charge in [0, 0.05) is 6.42 Å². The zero-order valence-corrected chi connectivity index (χ0v) is 18.5. The van der Waals surface area contributed by atoms with Crippen molar-refractivity contribution in [3.8, 4) is 0 Å². The largest absolute Gasteiger partial charge is 0.510 e. The molecule has 0 amide bonds. The number of esters is 2. The molecule has 0 spiro atoms. The quantitative estimate of drug-likeness (QED) is 0.121. The Bertz CT molecular complexity index is 1010. The van der Waals surface area contributed by atoms with Gasteiger partial charge >= 0.3 is 18.1 Å². The standard InChI is InChI=1S/C22H25NO10/c1-14-5-6-19-12-17(7-8-18(19)11-14)15(2)21(25)31-13-20(24)29-9-4-10-30-22(26)32-16(3)33-23(27)28/h5-8,11-12,15-16H,4,9-10,13H2,1-3H3/t15-,16?/m0/s1. The van der Waals surface area contributed by atoms with Crippen molar-refractivity contribution < 1.29 is 43.3 Å². The molecule has 0 bridgehead atoms. The number of ether oxygens (including phenoxy) is 4. The van der Waals surface area contributed by atoms with Gasteiger partial charge in [0.2, 0.25) is 6.29 Å². The number of benzene rings is 2. The third kappa shape index (κ3) is 8.63. The second-order valence-corrected chi connectivity index (χ2v) is 7.13. The van der Waals surface area contributed by atoms with Gasteiger partial charge in [-0.3, -0.25) is 9.63 Å². The van der Waals surface area contributed by atoms with Crippen molar-refractivity contribution in [3.05, 3.63) is 57.6 Å². The third-order valence-electron chi connectivity index (χ3n) is 4.47. The Morgan fingerprint density at radius 2 is 1.64 bits per heavy atom. The highest BCUT2D eigenvalue weighted by Crippen LogP contribution is 2.23. The minimum absolute atomic E-state index is 0.0930. The van der Waals surface area contributed by atoms with Crippen molar-refractivity contribution >= 4 is 28.9 Å². The fraction of sp³-hybridized carbons (Fsp3) is 0.409. The highest BCUT2D eigenvalue weighted by molar-refractivity contribution is 5.86. The summed E-state index contributed by atoms with van der Waals surface area (Å²) in [6, 6.07) is 11.7. The molecule has 178 valence electrons. The first-order valence-electron chi connectivity index (χ1n) is 10.1. The van der Waals surface area contributed by atoms with Gasteiger partial charge in [0.25, 0.3) is 5.09 Å². The molecule has 0 aliphatic heterocycles. The normalized spacial score (nSPS) is 12.3. The minimum atomic E-state index is -1.42. The average molecular weight is 463 g/mol. The summed E-state index contributed by atoms with van der Waals surface area (Å²) in [5, 5.41) is 11.1. The predicted molar refractivity (Wildman–Crippen MR) is 114 cm³/mol. The lowest BCUT2D eigenvalue weighted by atomic mass is 9.97. The fourth-order valence-electron chi connectivity index (χ4n) is 2.80. The highest BCUT2D eigenvalue weighted by atomic mass is 17.0. The lowest BCUT2D eigenvalue weighted by Gasteiger charge is -2.13. The number of carbonyl (C=O) groups excluding carboxylic acids is 3. The molecule has 0 aromatic heterocycles. The van der Waals surface area contributed by atoms with E-state index in [1.807, 2.05) is 37.3 Å². The number of hydrogen-bond acceptors (Lipinski definition) is 10. The van der Waals surface area contributed by atoms with Crippen LogP contribution in [0.25, 0.3) is 10.8 Å². The Morgan fingerprint density at radius 3 is 2.36 bits per heavy atom. The Labute approximate surface area is 189 Å². The van der Waals surface area contributed by atoms with E-state index in [1.54, 1.807) is 6.92 Å². The van der Waals surface area contributed by atoms with Gasteiger partial charge in [-0.05, 0) is 37.1 Å². The molecule has 0 aliphatic rings. The van der Waals surface area contributed by atoms with E-state index in [9.17, 15) is 24.5 Å². The molecule has 0 saturated carbocycles. The zero-order valence-electron chi connectivity index (χ0n) is 18.5. The van der Waals surface area contributed by atoms with E-state index < -0.39 is 42.0 Å². The fourth-order valence-corrected chi connectivity index (χ4v) is 2.80. The van der Waals surface area contributed by atoms with Crippen molar-refractivity contribution in [2.24, 2.45) is 0 Å². The van der Waals surface area contributed by atoms with Crippen LogP contribution in [0.1, 0.15) is 37.3 Å². The summed E-state index contributed by atoms with van der Waals surface area (Å²) >= 11 is 0. The molecule has 0 aliphatic carbocycles. The van der Waals surface area contributed by atoms with Crippen LogP contribution in [-0.2, 0) is 33.4 Å². The van der Waals surface area contributed by atoms with Crippen LogP contribution in [0.15, 0.2) is 36.4 Å². The Balaban J connectivity index is 1.65. The Morgan fingerprint density at radius 1 is 0.970 bits per heavy atom. The maximum Gasteiger partial charge on any atom is 0.510 e. The smallest absolute Gasteiger partial charge is 0.463 e. The van der Waals surface area contributed by atoms with E-state index in [2.05, 4.69) is 20.4 Å². The van der Waals surface area contributed by atoms with Crippen LogP contribution in [-0.4, -0.2) is 49.3 Å². The summed E-state index contributed by atoms with van der Waals surface area (Å²) in [6.07, 6.45) is -2.43. The third-order valence-corrected chi connectivity index (χ3v) is 4.47.